The fourth-order valence-electron chi connectivity index (χ4n) is 11.1. The molecule has 11 atom stereocenters. The van der Waals surface area contributed by atoms with E-state index in [0.29, 0.717) is 23.7 Å². The Kier molecular flexibility index (Phi) is 5.76. The van der Waals surface area contributed by atoms with Crippen LogP contribution in [0.5, 0.6) is 0 Å². The highest BCUT2D eigenvalue weighted by atomic mass is 16.5. The summed E-state index contributed by atoms with van der Waals surface area (Å²) in [5, 5.41) is 21.6. The van der Waals surface area contributed by atoms with Gasteiger partial charge in [0, 0.05) is 13.0 Å². The number of carboxylic acids is 1. The number of carbonyl (C=O) groups is 1. The SMILES string of the molecule is CO[C@@H]1C=C2[C@@H]3[C@@H](C)[C@H](C)CC[C@]3(C(=O)O)CC[C@@]2(C)[C@]2(C)CC[C@H]3C(C)(C)[C@@H](O)CC[C@]3(C)[C@@H]12. The van der Waals surface area contributed by atoms with Crippen molar-refractivity contribution in [2.24, 2.45) is 56.7 Å². The molecule has 0 heterocycles. The summed E-state index contributed by atoms with van der Waals surface area (Å²) in [6.45, 7) is 16.7. The van der Waals surface area contributed by atoms with Crippen molar-refractivity contribution in [3.8, 4) is 0 Å². The first kappa shape index (κ1) is 25.8. The molecule has 198 valence electrons. The second-order valence-corrected chi connectivity index (χ2v) is 14.8. The van der Waals surface area contributed by atoms with Crippen molar-refractivity contribution in [2.45, 2.75) is 112 Å². The molecule has 0 spiro atoms. The number of aliphatic hydroxyl groups excluding tert-OH is 1. The van der Waals surface area contributed by atoms with E-state index in [1.54, 1.807) is 0 Å². The third-order valence-corrected chi connectivity index (χ3v) is 13.6. The molecule has 5 aliphatic rings. The maximum Gasteiger partial charge on any atom is 0.310 e. The van der Waals surface area contributed by atoms with Gasteiger partial charge in [-0.1, -0.05) is 60.1 Å². The van der Waals surface area contributed by atoms with Crippen molar-refractivity contribution in [1.29, 1.82) is 0 Å². The number of ether oxygens (including phenoxy) is 1. The average Bonchev–Trinajstić information content (AvgIpc) is 2.79. The predicted octanol–water partition coefficient (Wildman–Crippen LogP) is 6.71. The van der Waals surface area contributed by atoms with E-state index in [0.717, 1.165) is 51.4 Å². The van der Waals surface area contributed by atoms with Gasteiger partial charge in [-0.05, 0) is 96.7 Å². The minimum absolute atomic E-state index is 0.00375. The van der Waals surface area contributed by atoms with Crippen molar-refractivity contribution in [2.75, 3.05) is 7.11 Å². The summed E-state index contributed by atoms with van der Waals surface area (Å²) in [5.41, 5.74) is 0.802. The summed E-state index contributed by atoms with van der Waals surface area (Å²) in [6.07, 6.45) is 9.91. The molecule has 4 saturated carbocycles. The zero-order chi connectivity index (χ0) is 25.8. The first-order chi connectivity index (χ1) is 16.2. The van der Waals surface area contributed by atoms with Gasteiger partial charge in [-0.15, -0.1) is 0 Å². The molecule has 0 bridgehead atoms. The summed E-state index contributed by atoms with van der Waals surface area (Å²) in [4.78, 5) is 12.9. The highest BCUT2D eigenvalue weighted by molar-refractivity contribution is 5.76. The molecule has 0 unspecified atom stereocenters. The number of aliphatic hydroxyl groups is 1. The molecular weight excluding hydrogens is 436 g/mol. The monoisotopic (exact) mass is 486 g/mol. The largest absolute Gasteiger partial charge is 0.481 e. The molecule has 4 fully saturated rings. The number of allylic oxidation sites excluding steroid dienone is 1. The summed E-state index contributed by atoms with van der Waals surface area (Å²) in [7, 11) is 1.86. The van der Waals surface area contributed by atoms with Gasteiger partial charge in [-0.2, -0.15) is 0 Å². The Balaban J connectivity index is 1.68. The Bertz CT molecular complexity index is 923. The van der Waals surface area contributed by atoms with E-state index in [1.807, 2.05) is 7.11 Å². The topological polar surface area (TPSA) is 66.8 Å². The lowest BCUT2D eigenvalue weighted by Gasteiger charge is -2.72. The molecule has 0 aliphatic heterocycles. The van der Waals surface area contributed by atoms with Crippen molar-refractivity contribution in [3.63, 3.8) is 0 Å². The van der Waals surface area contributed by atoms with Crippen LogP contribution in [0.1, 0.15) is 99.8 Å². The standard InChI is InChI=1S/C31H50O4/c1-18-9-14-31(26(33)34)16-15-29(6)20(24(31)19(18)2)17-21(35-8)25-28(5)12-11-23(32)27(3,4)22(28)10-13-30(25,29)7/h17-19,21-25,32H,9-16H2,1-8H3,(H,33,34)/t18-,19+,21-,22+,23+,24+,25-,28+,29-,30-,31+/m1/s1. The van der Waals surface area contributed by atoms with Crippen LogP contribution in [0.25, 0.3) is 0 Å². The number of rotatable bonds is 2. The molecule has 4 nitrogen and oxygen atoms in total. The number of hydrogen-bond acceptors (Lipinski definition) is 3. The summed E-state index contributed by atoms with van der Waals surface area (Å²) >= 11 is 0. The van der Waals surface area contributed by atoms with E-state index >= 15 is 0 Å². The van der Waals surface area contributed by atoms with Crippen LogP contribution in [0.4, 0.5) is 0 Å². The van der Waals surface area contributed by atoms with Gasteiger partial charge in [0.2, 0.25) is 0 Å². The lowest BCUT2D eigenvalue weighted by atomic mass is 9.33. The quantitative estimate of drug-likeness (QED) is 0.426. The van der Waals surface area contributed by atoms with Gasteiger partial charge in [0.05, 0.1) is 17.6 Å². The molecule has 35 heavy (non-hydrogen) atoms. The van der Waals surface area contributed by atoms with Crippen LogP contribution in [0.15, 0.2) is 11.6 Å². The van der Waals surface area contributed by atoms with Gasteiger partial charge in [0.15, 0.2) is 0 Å². The Morgan fingerprint density at radius 3 is 2.29 bits per heavy atom. The van der Waals surface area contributed by atoms with Crippen LogP contribution < -0.4 is 0 Å². The molecule has 5 rings (SSSR count). The zero-order valence-corrected chi connectivity index (χ0v) is 23.5. The second kappa shape index (κ2) is 7.82. The normalized spacial score (nSPS) is 55.0. The fraction of sp³-hybridized carbons (Fsp3) is 0.903. The summed E-state index contributed by atoms with van der Waals surface area (Å²) in [6, 6.07) is 0. The number of aliphatic carboxylic acids is 1. The van der Waals surface area contributed by atoms with Crippen molar-refractivity contribution in [1.82, 2.24) is 0 Å². The molecule has 2 N–H and O–H groups in total. The molecule has 5 aliphatic carbocycles. The van der Waals surface area contributed by atoms with Crippen molar-refractivity contribution >= 4 is 5.97 Å². The predicted molar refractivity (Wildman–Crippen MR) is 139 cm³/mol. The van der Waals surface area contributed by atoms with Crippen LogP contribution >= 0.6 is 0 Å². The maximum absolute atomic E-state index is 12.9. The number of methoxy groups -OCH3 is 1. The molecule has 0 aromatic carbocycles. The van der Waals surface area contributed by atoms with Crippen molar-refractivity contribution in [3.05, 3.63) is 11.6 Å². The first-order valence-electron chi connectivity index (χ1n) is 14.4. The Labute approximate surface area is 213 Å². The van der Waals surface area contributed by atoms with E-state index in [-0.39, 0.29) is 39.8 Å². The second-order valence-electron chi connectivity index (χ2n) is 14.8. The fourth-order valence-corrected chi connectivity index (χ4v) is 11.1. The van der Waals surface area contributed by atoms with Crippen LogP contribution in [0.2, 0.25) is 0 Å². The Morgan fingerprint density at radius 2 is 1.66 bits per heavy atom. The molecule has 0 radical (unpaired) electrons. The zero-order valence-electron chi connectivity index (χ0n) is 23.5. The molecule has 0 amide bonds. The third-order valence-electron chi connectivity index (χ3n) is 13.6. The highest BCUT2D eigenvalue weighted by Crippen LogP contribution is 2.76. The molecule has 0 saturated heterocycles. The van der Waals surface area contributed by atoms with Crippen LogP contribution in [0.3, 0.4) is 0 Å². The van der Waals surface area contributed by atoms with E-state index in [4.69, 9.17) is 4.74 Å². The number of fused-ring (bicyclic) bond motifs is 7. The average molecular weight is 487 g/mol. The van der Waals surface area contributed by atoms with E-state index in [2.05, 4.69) is 54.5 Å². The third kappa shape index (κ3) is 3.02. The molecule has 0 aromatic rings. The van der Waals surface area contributed by atoms with Gasteiger partial charge >= 0.3 is 5.97 Å². The number of hydrogen-bond donors (Lipinski definition) is 2. The molecule has 0 aromatic heterocycles. The van der Waals surface area contributed by atoms with Gasteiger partial charge < -0.3 is 14.9 Å². The van der Waals surface area contributed by atoms with Gasteiger partial charge in [0.1, 0.15) is 0 Å². The maximum atomic E-state index is 12.9. The Morgan fingerprint density at radius 1 is 0.971 bits per heavy atom. The lowest BCUT2D eigenvalue weighted by Crippen LogP contribution is -2.68. The number of carboxylic acid groups (broad SMARTS) is 1. The minimum Gasteiger partial charge on any atom is -0.481 e. The van der Waals surface area contributed by atoms with Gasteiger partial charge in [-0.3, -0.25) is 4.79 Å². The first-order valence-corrected chi connectivity index (χ1v) is 14.4. The Hall–Kier alpha value is -0.870. The van der Waals surface area contributed by atoms with Crippen LogP contribution in [0, 0.1) is 56.7 Å². The van der Waals surface area contributed by atoms with E-state index < -0.39 is 11.4 Å². The summed E-state index contributed by atoms with van der Waals surface area (Å²) < 4.78 is 6.38. The molecule has 4 heteroatoms. The minimum atomic E-state index is -0.628. The van der Waals surface area contributed by atoms with E-state index in [1.165, 1.54) is 5.57 Å². The highest BCUT2D eigenvalue weighted by Gasteiger charge is 2.71. The van der Waals surface area contributed by atoms with Gasteiger partial charge in [-0.25, -0.2) is 0 Å². The van der Waals surface area contributed by atoms with E-state index in [9.17, 15) is 15.0 Å². The van der Waals surface area contributed by atoms with Crippen molar-refractivity contribution < 1.29 is 19.7 Å². The summed E-state index contributed by atoms with van der Waals surface area (Å²) in [5.74, 6) is 1.24. The lowest BCUT2D eigenvalue weighted by molar-refractivity contribution is -0.230. The molecular formula is C31H50O4. The smallest absolute Gasteiger partial charge is 0.310 e. The van der Waals surface area contributed by atoms with Crippen LogP contribution in [-0.4, -0.2) is 35.5 Å². The van der Waals surface area contributed by atoms with Crippen LogP contribution in [-0.2, 0) is 9.53 Å². The van der Waals surface area contributed by atoms with Gasteiger partial charge in [0.25, 0.3) is 0 Å².